The van der Waals surface area contributed by atoms with Gasteiger partial charge in [0.05, 0.1) is 6.61 Å². The lowest BCUT2D eigenvalue weighted by Gasteiger charge is -2.45. The SMILES string of the molecule is OCC1OC(O)(c2ccccc2)C(O)C(O)C1O. The Morgan fingerprint density at radius 3 is 2.22 bits per heavy atom. The van der Waals surface area contributed by atoms with Crippen LogP contribution in [0.4, 0.5) is 0 Å². The van der Waals surface area contributed by atoms with Gasteiger partial charge in [0.2, 0.25) is 5.79 Å². The van der Waals surface area contributed by atoms with Crippen molar-refractivity contribution in [3.63, 3.8) is 0 Å². The van der Waals surface area contributed by atoms with Crippen LogP contribution in [0.1, 0.15) is 5.56 Å². The second kappa shape index (κ2) is 4.93. The minimum Gasteiger partial charge on any atom is -0.394 e. The van der Waals surface area contributed by atoms with E-state index in [-0.39, 0.29) is 5.56 Å². The molecule has 2 rings (SSSR count). The third-order valence-corrected chi connectivity index (χ3v) is 3.15. The Balaban J connectivity index is 2.37. The number of rotatable bonds is 2. The van der Waals surface area contributed by atoms with E-state index >= 15 is 0 Å². The summed E-state index contributed by atoms with van der Waals surface area (Å²) < 4.78 is 5.15. The Hall–Kier alpha value is -1.02. The highest BCUT2D eigenvalue weighted by atomic mass is 16.7. The number of hydrogen-bond acceptors (Lipinski definition) is 6. The average molecular weight is 256 g/mol. The van der Waals surface area contributed by atoms with Crippen molar-refractivity contribution in [3.05, 3.63) is 35.9 Å². The maximum Gasteiger partial charge on any atom is 0.222 e. The van der Waals surface area contributed by atoms with Gasteiger partial charge in [-0.15, -0.1) is 0 Å². The molecule has 0 amide bonds. The highest BCUT2D eigenvalue weighted by Crippen LogP contribution is 2.35. The first-order valence-corrected chi connectivity index (χ1v) is 5.61. The van der Waals surface area contributed by atoms with Crippen LogP contribution in [0.25, 0.3) is 0 Å². The van der Waals surface area contributed by atoms with Crippen molar-refractivity contribution in [2.45, 2.75) is 30.2 Å². The molecule has 0 spiro atoms. The van der Waals surface area contributed by atoms with Gasteiger partial charge in [-0.05, 0) is 0 Å². The normalized spacial score (nSPS) is 40.7. The van der Waals surface area contributed by atoms with Gasteiger partial charge >= 0.3 is 0 Å². The summed E-state index contributed by atoms with van der Waals surface area (Å²) in [7, 11) is 0. The van der Waals surface area contributed by atoms with Crippen LogP contribution < -0.4 is 0 Å². The highest BCUT2D eigenvalue weighted by molar-refractivity contribution is 5.23. The first-order chi connectivity index (χ1) is 8.50. The van der Waals surface area contributed by atoms with Crippen molar-refractivity contribution in [3.8, 4) is 0 Å². The van der Waals surface area contributed by atoms with Crippen LogP contribution in [0.2, 0.25) is 0 Å². The van der Waals surface area contributed by atoms with Gasteiger partial charge in [-0.1, -0.05) is 30.3 Å². The molecular formula is C12H16O6. The van der Waals surface area contributed by atoms with Crippen LogP contribution in [0.3, 0.4) is 0 Å². The molecule has 0 aromatic heterocycles. The molecule has 1 aromatic rings. The number of aliphatic hydroxyl groups excluding tert-OH is 4. The van der Waals surface area contributed by atoms with Gasteiger partial charge in [-0.25, -0.2) is 0 Å². The van der Waals surface area contributed by atoms with Crippen LogP contribution >= 0.6 is 0 Å². The van der Waals surface area contributed by atoms with Gasteiger partial charge < -0.3 is 30.3 Å². The maximum absolute atomic E-state index is 10.3. The lowest BCUT2D eigenvalue weighted by atomic mass is 9.88. The quantitative estimate of drug-likeness (QED) is 0.431. The van der Waals surface area contributed by atoms with Gasteiger partial charge in [0.15, 0.2) is 0 Å². The van der Waals surface area contributed by atoms with Gasteiger partial charge in [0.25, 0.3) is 0 Å². The maximum atomic E-state index is 10.3. The van der Waals surface area contributed by atoms with Crippen molar-refractivity contribution in [1.82, 2.24) is 0 Å². The molecule has 1 aliphatic heterocycles. The number of ether oxygens (including phenoxy) is 1. The number of hydrogen-bond donors (Lipinski definition) is 5. The Morgan fingerprint density at radius 2 is 1.67 bits per heavy atom. The summed E-state index contributed by atoms with van der Waals surface area (Å²) in [6, 6.07) is 8.02. The van der Waals surface area contributed by atoms with Gasteiger partial charge in [-0.2, -0.15) is 0 Å². The van der Waals surface area contributed by atoms with Crippen LogP contribution in [0.15, 0.2) is 30.3 Å². The Morgan fingerprint density at radius 1 is 1.06 bits per heavy atom. The van der Waals surface area contributed by atoms with Crippen molar-refractivity contribution in [1.29, 1.82) is 0 Å². The number of benzene rings is 1. The Labute approximate surface area is 104 Å². The van der Waals surface area contributed by atoms with Crippen LogP contribution in [-0.4, -0.2) is 56.6 Å². The summed E-state index contributed by atoms with van der Waals surface area (Å²) in [4.78, 5) is 0. The predicted octanol–water partition coefficient (Wildman–Crippen LogP) is -1.69. The summed E-state index contributed by atoms with van der Waals surface area (Å²) in [5.41, 5.74) is 0.238. The van der Waals surface area contributed by atoms with E-state index in [2.05, 4.69) is 0 Å². The predicted molar refractivity (Wildman–Crippen MR) is 60.3 cm³/mol. The summed E-state index contributed by atoms with van der Waals surface area (Å²) in [6.45, 7) is -0.583. The molecule has 1 aliphatic rings. The molecule has 5 N–H and O–H groups in total. The van der Waals surface area contributed by atoms with Gasteiger partial charge in [0.1, 0.15) is 24.4 Å². The number of aliphatic hydroxyl groups is 5. The lowest BCUT2D eigenvalue weighted by molar-refractivity contribution is -0.357. The Kier molecular flexibility index (Phi) is 3.67. The van der Waals surface area contributed by atoms with Crippen molar-refractivity contribution in [2.24, 2.45) is 0 Å². The van der Waals surface area contributed by atoms with Crippen LogP contribution in [-0.2, 0) is 10.5 Å². The average Bonchev–Trinajstić information content (AvgIpc) is 2.41. The largest absolute Gasteiger partial charge is 0.394 e. The third-order valence-electron chi connectivity index (χ3n) is 3.15. The molecule has 0 saturated carbocycles. The fraction of sp³-hybridized carbons (Fsp3) is 0.500. The first-order valence-electron chi connectivity index (χ1n) is 5.61. The molecule has 1 saturated heterocycles. The Bertz CT molecular complexity index is 395. The van der Waals surface area contributed by atoms with Crippen molar-refractivity contribution in [2.75, 3.05) is 6.61 Å². The van der Waals surface area contributed by atoms with E-state index < -0.39 is 36.8 Å². The van der Waals surface area contributed by atoms with E-state index in [0.29, 0.717) is 0 Å². The summed E-state index contributed by atoms with van der Waals surface area (Å²) in [6.07, 6.45) is -5.96. The smallest absolute Gasteiger partial charge is 0.222 e. The lowest BCUT2D eigenvalue weighted by Crippen LogP contribution is -2.63. The molecule has 1 fully saturated rings. The molecule has 0 radical (unpaired) electrons. The molecule has 5 unspecified atom stereocenters. The van der Waals surface area contributed by atoms with Crippen LogP contribution in [0, 0.1) is 0 Å². The minimum atomic E-state index is -2.16. The highest BCUT2D eigenvalue weighted by Gasteiger charge is 2.53. The van der Waals surface area contributed by atoms with E-state index in [1.54, 1.807) is 18.2 Å². The van der Waals surface area contributed by atoms with Crippen molar-refractivity contribution < 1.29 is 30.3 Å². The molecule has 100 valence electrons. The second-order valence-electron chi connectivity index (χ2n) is 4.33. The second-order valence-corrected chi connectivity index (χ2v) is 4.33. The topological polar surface area (TPSA) is 110 Å². The zero-order valence-corrected chi connectivity index (χ0v) is 9.55. The third kappa shape index (κ3) is 2.03. The summed E-state index contributed by atoms with van der Waals surface area (Å²) >= 11 is 0. The van der Waals surface area contributed by atoms with Crippen molar-refractivity contribution >= 4 is 0 Å². The summed E-state index contributed by atoms with van der Waals surface area (Å²) in [5.74, 6) is -2.16. The molecule has 18 heavy (non-hydrogen) atoms. The monoisotopic (exact) mass is 256 g/mol. The molecule has 5 atom stereocenters. The molecular weight excluding hydrogens is 240 g/mol. The minimum absolute atomic E-state index is 0.238. The van der Waals surface area contributed by atoms with E-state index in [1.165, 1.54) is 12.1 Å². The molecule has 0 aliphatic carbocycles. The molecule has 6 heteroatoms. The van der Waals surface area contributed by atoms with E-state index in [4.69, 9.17) is 9.84 Å². The zero-order chi connectivity index (χ0) is 13.3. The first kappa shape index (κ1) is 13.4. The fourth-order valence-electron chi connectivity index (χ4n) is 2.07. The molecule has 0 bridgehead atoms. The molecule has 6 nitrogen and oxygen atoms in total. The van der Waals surface area contributed by atoms with E-state index in [0.717, 1.165) is 0 Å². The standard InChI is InChI=1S/C12H16O6/c13-6-8-9(14)10(15)11(16)12(17,18-8)7-4-2-1-3-5-7/h1-5,8-11,13-17H,6H2. The van der Waals surface area contributed by atoms with E-state index in [9.17, 15) is 20.4 Å². The van der Waals surface area contributed by atoms with Gasteiger partial charge in [0, 0.05) is 5.56 Å². The zero-order valence-electron chi connectivity index (χ0n) is 9.55. The van der Waals surface area contributed by atoms with E-state index in [1.807, 2.05) is 0 Å². The fourth-order valence-corrected chi connectivity index (χ4v) is 2.07. The summed E-state index contributed by atoms with van der Waals surface area (Å²) in [5, 5.41) is 48.5. The molecule has 1 heterocycles. The molecule has 1 aromatic carbocycles. The van der Waals surface area contributed by atoms with Gasteiger partial charge in [-0.3, -0.25) is 0 Å². The van der Waals surface area contributed by atoms with Crippen LogP contribution in [0.5, 0.6) is 0 Å².